The summed E-state index contributed by atoms with van der Waals surface area (Å²) in [6.07, 6.45) is 2.97. The third-order valence-electron chi connectivity index (χ3n) is 2.82. The molecule has 11 heavy (non-hydrogen) atoms. The number of hydrogen-bond acceptors (Lipinski definition) is 1. The van der Waals surface area contributed by atoms with Gasteiger partial charge in [0, 0.05) is 5.71 Å². The summed E-state index contributed by atoms with van der Waals surface area (Å²) in [6, 6.07) is 0.474. The van der Waals surface area contributed by atoms with Crippen molar-refractivity contribution in [3.8, 4) is 0 Å². The normalized spacial score (nSPS) is 43.5. The van der Waals surface area contributed by atoms with E-state index in [-0.39, 0.29) is 0 Å². The highest BCUT2D eigenvalue weighted by Gasteiger charge is 2.33. The van der Waals surface area contributed by atoms with Crippen molar-refractivity contribution >= 4 is 5.71 Å². The van der Waals surface area contributed by atoms with Crippen LogP contribution in [0.5, 0.6) is 0 Å². The van der Waals surface area contributed by atoms with Gasteiger partial charge in [-0.15, -0.1) is 0 Å². The Labute approximate surface area is 66.7 Å². The summed E-state index contributed by atoms with van der Waals surface area (Å²) < 4.78 is 12.9. The average molecular weight is 155 g/mol. The molecule has 1 saturated carbocycles. The van der Waals surface area contributed by atoms with Crippen molar-refractivity contribution < 1.29 is 4.39 Å². The highest BCUT2D eigenvalue weighted by molar-refractivity contribution is 5.84. The molecule has 1 fully saturated rings. The van der Waals surface area contributed by atoms with E-state index in [2.05, 4.69) is 11.9 Å². The van der Waals surface area contributed by atoms with Gasteiger partial charge in [-0.3, -0.25) is 4.99 Å². The smallest absolute Gasteiger partial charge is 0.101 e. The molecule has 0 radical (unpaired) electrons. The van der Waals surface area contributed by atoms with E-state index in [1.54, 1.807) is 0 Å². The fraction of sp³-hybridized carbons (Fsp3) is 0.889. The molecular weight excluding hydrogens is 141 g/mol. The predicted octanol–water partition coefficient (Wildman–Crippen LogP) is 2.36. The molecule has 0 spiro atoms. The zero-order chi connectivity index (χ0) is 7.84. The van der Waals surface area contributed by atoms with Crippen LogP contribution < -0.4 is 0 Å². The van der Waals surface area contributed by atoms with Crippen molar-refractivity contribution in [2.24, 2.45) is 10.9 Å². The maximum absolute atomic E-state index is 12.9. The van der Waals surface area contributed by atoms with Crippen LogP contribution in [0.2, 0.25) is 0 Å². The summed E-state index contributed by atoms with van der Waals surface area (Å²) in [6.45, 7) is 2.06. The van der Waals surface area contributed by atoms with Crippen LogP contribution in [0.4, 0.5) is 4.39 Å². The Morgan fingerprint density at radius 1 is 1.45 bits per heavy atom. The van der Waals surface area contributed by atoms with Crippen molar-refractivity contribution in [3.63, 3.8) is 0 Å². The number of aliphatic imine (C=N–C) groups is 1. The lowest BCUT2D eigenvalue weighted by Gasteiger charge is -2.25. The largest absolute Gasteiger partial charge is 0.291 e. The minimum Gasteiger partial charge on any atom is -0.291 e. The molecule has 2 rings (SSSR count). The Kier molecular flexibility index (Phi) is 1.70. The number of halogens is 1. The lowest BCUT2D eigenvalue weighted by Crippen LogP contribution is -2.25. The van der Waals surface area contributed by atoms with Gasteiger partial charge in [0.15, 0.2) is 0 Å². The molecular formula is C9H14FN. The quantitative estimate of drug-likeness (QED) is 0.509. The Hall–Kier alpha value is -0.400. The van der Waals surface area contributed by atoms with Crippen molar-refractivity contribution in [2.45, 2.75) is 44.8 Å². The topological polar surface area (TPSA) is 12.4 Å². The van der Waals surface area contributed by atoms with Gasteiger partial charge in [-0.25, -0.2) is 4.39 Å². The molecule has 0 amide bonds. The second-order valence-corrected chi connectivity index (χ2v) is 3.81. The molecule has 1 aliphatic carbocycles. The molecule has 0 aromatic rings. The molecule has 62 valence electrons. The van der Waals surface area contributed by atoms with Gasteiger partial charge in [-0.2, -0.15) is 0 Å². The summed E-state index contributed by atoms with van der Waals surface area (Å²) in [5, 5.41) is 0. The monoisotopic (exact) mass is 155 g/mol. The van der Waals surface area contributed by atoms with Crippen LogP contribution in [0.15, 0.2) is 4.99 Å². The van der Waals surface area contributed by atoms with Crippen molar-refractivity contribution in [3.05, 3.63) is 0 Å². The summed E-state index contributed by atoms with van der Waals surface area (Å²) in [7, 11) is 0. The van der Waals surface area contributed by atoms with Crippen LogP contribution in [0.3, 0.4) is 0 Å². The Bertz CT molecular complexity index is 188. The van der Waals surface area contributed by atoms with E-state index in [1.807, 2.05) is 0 Å². The van der Waals surface area contributed by atoms with E-state index in [4.69, 9.17) is 0 Å². The van der Waals surface area contributed by atoms with E-state index in [9.17, 15) is 4.39 Å². The average Bonchev–Trinajstić information content (AvgIpc) is 2.27. The van der Waals surface area contributed by atoms with Gasteiger partial charge in [0.1, 0.15) is 6.17 Å². The van der Waals surface area contributed by atoms with Gasteiger partial charge in [-0.05, 0) is 38.5 Å². The molecule has 2 heteroatoms. The van der Waals surface area contributed by atoms with Gasteiger partial charge < -0.3 is 0 Å². The van der Waals surface area contributed by atoms with E-state index in [1.165, 1.54) is 5.71 Å². The van der Waals surface area contributed by atoms with Gasteiger partial charge in [0.05, 0.1) is 6.04 Å². The highest BCUT2D eigenvalue weighted by atomic mass is 19.1. The molecule has 3 unspecified atom stereocenters. The molecule has 1 nitrogen and oxygen atoms in total. The van der Waals surface area contributed by atoms with E-state index < -0.39 is 6.17 Å². The molecule has 1 aliphatic heterocycles. The molecule has 0 bridgehead atoms. The van der Waals surface area contributed by atoms with Crippen molar-refractivity contribution in [2.75, 3.05) is 0 Å². The summed E-state index contributed by atoms with van der Waals surface area (Å²) in [4.78, 5) is 4.49. The lowest BCUT2D eigenvalue weighted by molar-refractivity contribution is 0.190. The highest BCUT2D eigenvalue weighted by Crippen LogP contribution is 2.35. The zero-order valence-electron chi connectivity index (χ0n) is 6.89. The minimum absolute atomic E-state index is 0.474. The Morgan fingerprint density at radius 3 is 3.09 bits per heavy atom. The SMILES string of the molecule is CC1=NC2CCC(F)CC2C1. The number of rotatable bonds is 0. The molecule has 1 heterocycles. The third kappa shape index (κ3) is 1.31. The second-order valence-electron chi connectivity index (χ2n) is 3.81. The standard InChI is InChI=1S/C9H14FN/c1-6-4-7-5-8(10)2-3-9(7)11-6/h7-9H,2-5H2,1H3. The van der Waals surface area contributed by atoms with Crippen LogP contribution in [0, 0.1) is 5.92 Å². The Balaban J connectivity index is 2.03. The van der Waals surface area contributed by atoms with Gasteiger partial charge in [0.2, 0.25) is 0 Å². The maximum Gasteiger partial charge on any atom is 0.101 e. The van der Waals surface area contributed by atoms with Crippen molar-refractivity contribution in [1.82, 2.24) is 0 Å². The molecule has 0 aromatic carbocycles. The first-order chi connectivity index (χ1) is 5.25. The molecule has 0 N–H and O–H groups in total. The fourth-order valence-electron chi connectivity index (χ4n) is 2.30. The van der Waals surface area contributed by atoms with Crippen LogP contribution >= 0.6 is 0 Å². The maximum atomic E-state index is 12.9. The van der Waals surface area contributed by atoms with Crippen LogP contribution in [0.25, 0.3) is 0 Å². The van der Waals surface area contributed by atoms with Crippen molar-refractivity contribution in [1.29, 1.82) is 0 Å². The number of hydrogen-bond donors (Lipinski definition) is 0. The number of nitrogens with zero attached hydrogens (tertiary/aromatic N) is 1. The fourth-order valence-corrected chi connectivity index (χ4v) is 2.30. The van der Waals surface area contributed by atoms with Gasteiger partial charge >= 0.3 is 0 Å². The zero-order valence-corrected chi connectivity index (χ0v) is 6.89. The van der Waals surface area contributed by atoms with Crippen LogP contribution in [0.1, 0.15) is 32.6 Å². The predicted molar refractivity (Wildman–Crippen MR) is 43.8 cm³/mol. The van der Waals surface area contributed by atoms with E-state index in [0.29, 0.717) is 12.0 Å². The minimum atomic E-state index is -0.544. The summed E-state index contributed by atoms with van der Waals surface area (Å²) in [5.41, 5.74) is 1.23. The van der Waals surface area contributed by atoms with Crippen LogP contribution in [-0.4, -0.2) is 17.9 Å². The first-order valence-electron chi connectivity index (χ1n) is 4.43. The van der Waals surface area contributed by atoms with Gasteiger partial charge in [-0.1, -0.05) is 0 Å². The number of alkyl halides is 1. The lowest BCUT2D eigenvalue weighted by atomic mass is 9.83. The molecule has 2 aliphatic rings. The Morgan fingerprint density at radius 2 is 2.27 bits per heavy atom. The second kappa shape index (κ2) is 2.58. The first-order valence-corrected chi connectivity index (χ1v) is 4.43. The van der Waals surface area contributed by atoms with E-state index >= 15 is 0 Å². The molecule has 3 atom stereocenters. The van der Waals surface area contributed by atoms with E-state index in [0.717, 1.165) is 25.7 Å². The first kappa shape index (κ1) is 7.26. The molecule has 0 saturated heterocycles. The van der Waals surface area contributed by atoms with Gasteiger partial charge in [0.25, 0.3) is 0 Å². The summed E-state index contributed by atoms with van der Waals surface area (Å²) in [5.74, 6) is 0.541. The third-order valence-corrected chi connectivity index (χ3v) is 2.82. The number of fused-ring (bicyclic) bond motifs is 1. The van der Waals surface area contributed by atoms with Crippen LogP contribution in [-0.2, 0) is 0 Å². The molecule has 0 aromatic heterocycles. The summed E-state index contributed by atoms with van der Waals surface area (Å²) >= 11 is 0.